The van der Waals surface area contributed by atoms with Crippen LogP contribution < -0.4 is 10.6 Å². The first-order valence-electron chi connectivity index (χ1n) is 9.68. The van der Waals surface area contributed by atoms with Crippen LogP contribution in [-0.2, 0) is 11.3 Å². The molecule has 0 atom stereocenters. The summed E-state index contributed by atoms with van der Waals surface area (Å²) in [5, 5.41) is 8.07. The van der Waals surface area contributed by atoms with Gasteiger partial charge in [0.05, 0.1) is 13.2 Å². The van der Waals surface area contributed by atoms with Crippen LogP contribution in [0.15, 0.2) is 53.2 Å². The Bertz CT molecular complexity index is 747. The fourth-order valence-corrected chi connectivity index (χ4v) is 3.24. The van der Waals surface area contributed by atoms with E-state index in [9.17, 15) is 0 Å². The lowest BCUT2D eigenvalue weighted by atomic mass is 10.1. The molecule has 5 nitrogen and oxygen atoms in total. The molecule has 0 bridgehead atoms. The quantitative estimate of drug-likeness (QED) is 0.331. The Morgan fingerprint density at radius 1 is 1.23 bits per heavy atom. The van der Waals surface area contributed by atoms with E-state index in [1.54, 1.807) is 0 Å². The zero-order valence-electron chi connectivity index (χ0n) is 15.7. The molecule has 140 valence electrons. The van der Waals surface area contributed by atoms with Crippen LogP contribution in [0.3, 0.4) is 0 Å². The maximum Gasteiger partial charge on any atom is 0.191 e. The van der Waals surface area contributed by atoms with Gasteiger partial charge < -0.3 is 19.9 Å². The second kappa shape index (κ2) is 10.0. The molecule has 0 amide bonds. The molecule has 5 heteroatoms. The summed E-state index contributed by atoms with van der Waals surface area (Å²) in [5.74, 6) is 0.914. The first-order chi connectivity index (χ1) is 12.9. The molecular formula is C21H30N4O. The molecule has 1 aromatic carbocycles. The molecule has 3 rings (SSSR count). The monoisotopic (exact) mass is 354 g/mol. The summed E-state index contributed by atoms with van der Waals surface area (Å²) in [7, 11) is 0. The number of hydrogen-bond donors (Lipinski definition) is 2. The minimum Gasteiger partial charge on any atom is -0.377 e. The van der Waals surface area contributed by atoms with Crippen LogP contribution in [0.2, 0.25) is 0 Å². The number of guanidine groups is 1. The number of para-hydroxylation sites is 1. The summed E-state index contributed by atoms with van der Waals surface area (Å²) in [6.07, 6.45) is 7.51. The van der Waals surface area contributed by atoms with Crippen LogP contribution in [0.5, 0.6) is 0 Å². The molecule has 0 spiro atoms. The number of benzene rings is 1. The van der Waals surface area contributed by atoms with Gasteiger partial charge in [-0.05, 0) is 43.7 Å². The van der Waals surface area contributed by atoms with Crippen molar-refractivity contribution in [2.75, 3.05) is 32.8 Å². The van der Waals surface area contributed by atoms with E-state index in [0.29, 0.717) is 0 Å². The van der Waals surface area contributed by atoms with E-state index in [0.717, 1.165) is 64.6 Å². The highest BCUT2D eigenvalue weighted by Crippen LogP contribution is 2.15. The Morgan fingerprint density at radius 2 is 2.15 bits per heavy atom. The highest BCUT2D eigenvalue weighted by atomic mass is 16.5. The van der Waals surface area contributed by atoms with E-state index in [1.165, 1.54) is 16.5 Å². The van der Waals surface area contributed by atoms with Gasteiger partial charge in [-0.1, -0.05) is 29.8 Å². The number of fused-ring (bicyclic) bond motifs is 1. The number of aliphatic imine (C=N–C) groups is 1. The maximum absolute atomic E-state index is 5.35. The lowest BCUT2D eigenvalue weighted by Gasteiger charge is -2.15. The summed E-state index contributed by atoms with van der Waals surface area (Å²) >= 11 is 0. The topological polar surface area (TPSA) is 50.6 Å². The first kappa shape index (κ1) is 18.5. The lowest BCUT2D eigenvalue weighted by Crippen LogP contribution is -2.38. The normalized spacial score (nSPS) is 15.1. The predicted octanol–water partition coefficient (Wildman–Crippen LogP) is 3.32. The highest BCUT2D eigenvalue weighted by molar-refractivity contribution is 5.80. The number of ether oxygens (including phenoxy) is 1. The van der Waals surface area contributed by atoms with E-state index >= 15 is 0 Å². The second-order valence-electron chi connectivity index (χ2n) is 6.55. The van der Waals surface area contributed by atoms with E-state index in [1.807, 2.05) is 0 Å². The van der Waals surface area contributed by atoms with Crippen LogP contribution >= 0.6 is 0 Å². The Labute approximate surface area is 156 Å². The molecule has 1 aliphatic heterocycles. The van der Waals surface area contributed by atoms with Crippen LogP contribution in [-0.4, -0.2) is 43.4 Å². The molecule has 0 radical (unpaired) electrons. The minimum absolute atomic E-state index is 0.761. The van der Waals surface area contributed by atoms with E-state index in [2.05, 4.69) is 64.7 Å². The van der Waals surface area contributed by atoms with Gasteiger partial charge in [0.25, 0.3) is 0 Å². The molecule has 0 unspecified atom stereocenters. The molecular weight excluding hydrogens is 324 g/mol. The number of rotatable bonds is 8. The van der Waals surface area contributed by atoms with Crippen molar-refractivity contribution in [3.8, 4) is 0 Å². The summed E-state index contributed by atoms with van der Waals surface area (Å²) in [6.45, 7) is 7.32. The molecule has 0 fully saturated rings. The third-order valence-corrected chi connectivity index (χ3v) is 4.65. The molecule has 2 aromatic rings. The highest BCUT2D eigenvalue weighted by Gasteiger charge is 2.04. The van der Waals surface area contributed by atoms with Gasteiger partial charge in [-0.25, -0.2) is 0 Å². The number of aromatic nitrogens is 1. The van der Waals surface area contributed by atoms with Crippen LogP contribution in [0.4, 0.5) is 0 Å². The number of nitrogens with zero attached hydrogens (tertiary/aromatic N) is 2. The fraction of sp³-hybridized carbons (Fsp3) is 0.476. The molecule has 1 aliphatic rings. The third-order valence-electron chi connectivity index (χ3n) is 4.65. The van der Waals surface area contributed by atoms with Crippen molar-refractivity contribution in [3.63, 3.8) is 0 Å². The number of aryl methyl sites for hydroxylation is 1. The van der Waals surface area contributed by atoms with Crippen LogP contribution in [0, 0.1) is 0 Å². The van der Waals surface area contributed by atoms with Crippen LogP contribution in [0.25, 0.3) is 10.9 Å². The van der Waals surface area contributed by atoms with E-state index in [-0.39, 0.29) is 0 Å². The number of hydrogen-bond acceptors (Lipinski definition) is 2. The summed E-state index contributed by atoms with van der Waals surface area (Å²) in [6, 6.07) is 10.7. The van der Waals surface area contributed by atoms with Gasteiger partial charge >= 0.3 is 0 Å². The van der Waals surface area contributed by atoms with Crippen molar-refractivity contribution in [3.05, 3.63) is 48.2 Å². The predicted molar refractivity (Wildman–Crippen MR) is 109 cm³/mol. The van der Waals surface area contributed by atoms with Crippen molar-refractivity contribution in [1.29, 1.82) is 0 Å². The van der Waals surface area contributed by atoms with Crippen molar-refractivity contribution < 1.29 is 4.74 Å². The molecule has 2 heterocycles. The molecule has 26 heavy (non-hydrogen) atoms. The van der Waals surface area contributed by atoms with Gasteiger partial charge in [-0.3, -0.25) is 4.99 Å². The van der Waals surface area contributed by atoms with Gasteiger partial charge in [0.1, 0.15) is 0 Å². The molecule has 0 aliphatic carbocycles. The Balaban J connectivity index is 1.44. The Morgan fingerprint density at radius 3 is 3.00 bits per heavy atom. The van der Waals surface area contributed by atoms with E-state index < -0.39 is 0 Å². The largest absolute Gasteiger partial charge is 0.377 e. The minimum atomic E-state index is 0.761. The second-order valence-corrected chi connectivity index (χ2v) is 6.55. The number of nitrogens with one attached hydrogen (secondary N) is 2. The first-order valence-corrected chi connectivity index (χ1v) is 9.68. The average molecular weight is 354 g/mol. The standard InChI is InChI=1S/C21H30N4O/c1-2-22-21(24-13-8-18-10-16-26-17-11-18)23-12-5-14-25-15-9-19-6-3-4-7-20(19)25/h3-4,6-7,9-10,15H,2,5,8,11-14,16-17H2,1H3,(H2,22,23,24). The third kappa shape index (κ3) is 5.36. The Kier molecular flexibility index (Phi) is 7.14. The summed E-state index contributed by atoms with van der Waals surface area (Å²) in [5.41, 5.74) is 2.78. The van der Waals surface area contributed by atoms with E-state index in [4.69, 9.17) is 9.73 Å². The molecule has 0 saturated heterocycles. The maximum atomic E-state index is 5.35. The SMILES string of the molecule is CCNC(=NCCCn1ccc2ccccc21)NCCC1=CCOCC1. The van der Waals surface area contributed by atoms with Gasteiger partial charge in [0.2, 0.25) is 0 Å². The van der Waals surface area contributed by atoms with Gasteiger partial charge in [-0.2, -0.15) is 0 Å². The smallest absolute Gasteiger partial charge is 0.191 e. The fourth-order valence-electron chi connectivity index (χ4n) is 3.24. The average Bonchev–Trinajstić information content (AvgIpc) is 3.09. The Hall–Kier alpha value is -2.27. The zero-order valence-corrected chi connectivity index (χ0v) is 15.7. The molecule has 1 aromatic heterocycles. The lowest BCUT2D eigenvalue weighted by molar-refractivity contribution is 0.153. The van der Waals surface area contributed by atoms with Gasteiger partial charge in [0.15, 0.2) is 5.96 Å². The van der Waals surface area contributed by atoms with Gasteiger partial charge in [-0.15, -0.1) is 0 Å². The summed E-state index contributed by atoms with van der Waals surface area (Å²) < 4.78 is 7.66. The van der Waals surface area contributed by atoms with Crippen molar-refractivity contribution in [2.24, 2.45) is 4.99 Å². The van der Waals surface area contributed by atoms with Gasteiger partial charge in [0, 0.05) is 37.9 Å². The zero-order chi connectivity index (χ0) is 18.0. The molecule has 0 saturated carbocycles. The molecule has 2 N–H and O–H groups in total. The van der Waals surface area contributed by atoms with Crippen molar-refractivity contribution >= 4 is 16.9 Å². The van der Waals surface area contributed by atoms with Crippen molar-refractivity contribution in [1.82, 2.24) is 15.2 Å². The van der Waals surface area contributed by atoms with Crippen molar-refractivity contribution in [2.45, 2.75) is 32.7 Å². The summed E-state index contributed by atoms with van der Waals surface area (Å²) in [4.78, 5) is 4.71. The van der Waals surface area contributed by atoms with Crippen LogP contribution in [0.1, 0.15) is 26.2 Å².